The molecule has 0 radical (unpaired) electrons. The maximum atomic E-state index is 10.4. The highest BCUT2D eigenvalue weighted by Gasteiger charge is 2.34. The summed E-state index contributed by atoms with van der Waals surface area (Å²) in [7, 11) is 0. The third-order valence-electron chi connectivity index (χ3n) is 2.72. The summed E-state index contributed by atoms with van der Waals surface area (Å²) in [5.41, 5.74) is 0. The SMILES string of the molecule is O=C(O)CCC1COC(C2CCCO2)O1. The van der Waals surface area contributed by atoms with Gasteiger partial charge < -0.3 is 19.3 Å². The van der Waals surface area contributed by atoms with Crippen molar-refractivity contribution < 1.29 is 24.1 Å². The number of carboxylic acid groups (broad SMARTS) is 1. The van der Waals surface area contributed by atoms with Gasteiger partial charge in [-0.3, -0.25) is 4.79 Å². The number of carboxylic acids is 1. The van der Waals surface area contributed by atoms with Crippen LogP contribution in [0.1, 0.15) is 25.7 Å². The van der Waals surface area contributed by atoms with Gasteiger partial charge in [0, 0.05) is 13.0 Å². The van der Waals surface area contributed by atoms with Crippen LogP contribution in [0.4, 0.5) is 0 Å². The van der Waals surface area contributed by atoms with E-state index in [0.29, 0.717) is 13.0 Å². The zero-order chi connectivity index (χ0) is 10.7. The number of carbonyl (C=O) groups is 1. The standard InChI is InChI=1S/C10H16O5/c11-9(12)4-3-7-6-14-10(15-7)8-2-1-5-13-8/h7-8,10H,1-6H2,(H,11,12). The second kappa shape index (κ2) is 4.92. The van der Waals surface area contributed by atoms with Gasteiger partial charge in [0.05, 0.1) is 12.7 Å². The lowest BCUT2D eigenvalue weighted by Gasteiger charge is -2.16. The summed E-state index contributed by atoms with van der Waals surface area (Å²) in [5.74, 6) is -0.792. The molecule has 0 saturated carbocycles. The zero-order valence-corrected chi connectivity index (χ0v) is 8.55. The van der Waals surface area contributed by atoms with Crippen molar-refractivity contribution in [3.8, 4) is 0 Å². The molecule has 0 spiro atoms. The third-order valence-corrected chi connectivity index (χ3v) is 2.72. The summed E-state index contributed by atoms with van der Waals surface area (Å²) >= 11 is 0. The Bertz CT molecular complexity index is 224. The fourth-order valence-corrected chi connectivity index (χ4v) is 1.92. The average molecular weight is 216 g/mol. The van der Waals surface area contributed by atoms with E-state index in [2.05, 4.69) is 0 Å². The lowest BCUT2D eigenvalue weighted by atomic mass is 10.2. The third kappa shape index (κ3) is 2.90. The zero-order valence-electron chi connectivity index (χ0n) is 8.55. The molecule has 2 aliphatic heterocycles. The molecule has 0 amide bonds. The van der Waals surface area contributed by atoms with Crippen molar-refractivity contribution in [1.29, 1.82) is 0 Å². The predicted octanol–water partition coefficient (Wildman–Crippen LogP) is 0.772. The van der Waals surface area contributed by atoms with Crippen LogP contribution in [0.15, 0.2) is 0 Å². The van der Waals surface area contributed by atoms with Gasteiger partial charge in [0.1, 0.15) is 6.10 Å². The molecule has 3 unspecified atom stereocenters. The first-order valence-corrected chi connectivity index (χ1v) is 5.36. The lowest BCUT2D eigenvalue weighted by molar-refractivity contribution is -0.141. The van der Waals surface area contributed by atoms with E-state index in [4.69, 9.17) is 19.3 Å². The van der Waals surface area contributed by atoms with E-state index in [1.54, 1.807) is 0 Å². The summed E-state index contributed by atoms with van der Waals surface area (Å²) < 4.78 is 16.5. The van der Waals surface area contributed by atoms with Crippen LogP contribution in [-0.4, -0.2) is 42.8 Å². The molecule has 0 aromatic heterocycles. The quantitative estimate of drug-likeness (QED) is 0.752. The molecule has 2 aliphatic rings. The Morgan fingerprint density at radius 3 is 2.93 bits per heavy atom. The van der Waals surface area contributed by atoms with Crippen LogP contribution >= 0.6 is 0 Å². The van der Waals surface area contributed by atoms with Crippen LogP contribution < -0.4 is 0 Å². The van der Waals surface area contributed by atoms with Gasteiger partial charge in [-0.15, -0.1) is 0 Å². The first-order valence-electron chi connectivity index (χ1n) is 5.36. The summed E-state index contributed by atoms with van der Waals surface area (Å²) in [4.78, 5) is 10.4. The van der Waals surface area contributed by atoms with Crippen molar-refractivity contribution in [3.05, 3.63) is 0 Å². The number of rotatable bonds is 4. The Labute approximate surface area is 88.3 Å². The molecule has 2 heterocycles. The van der Waals surface area contributed by atoms with Gasteiger partial charge in [0.25, 0.3) is 0 Å². The van der Waals surface area contributed by atoms with E-state index < -0.39 is 5.97 Å². The minimum atomic E-state index is -0.792. The van der Waals surface area contributed by atoms with Crippen LogP contribution in [0, 0.1) is 0 Å². The Kier molecular flexibility index (Phi) is 3.56. The summed E-state index contributed by atoms with van der Waals surface area (Å²) in [6.45, 7) is 1.26. The minimum absolute atomic E-state index is 0.0415. The smallest absolute Gasteiger partial charge is 0.303 e. The second-order valence-electron chi connectivity index (χ2n) is 3.94. The maximum absolute atomic E-state index is 10.4. The lowest BCUT2D eigenvalue weighted by Crippen LogP contribution is -2.27. The van der Waals surface area contributed by atoms with E-state index in [1.807, 2.05) is 0 Å². The molecule has 86 valence electrons. The molecule has 5 nitrogen and oxygen atoms in total. The molecule has 0 bridgehead atoms. The molecule has 15 heavy (non-hydrogen) atoms. The highest BCUT2D eigenvalue weighted by Crippen LogP contribution is 2.25. The predicted molar refractivity (Wildman–Crippen MR) is 50.5 cm³/mol. The first kappa shape index (κ1) is 10.9. The molecular formula is C10H16O5. The number of hydrogen-bond donors (Lipinski definition) is 1. The van der Waals surface area contributed by atoms with Crippen LogP contribution in [0.5, 0.6) is 0 Å². The highest BCUT2D eigenvalue weighted by atomic mass is 16.7. The van der Waals surface area contributed by atoms with E-state index in [0.717, 1.165) is 19.4 Å². The van der Waals surface area contributed by atoms with Crippen molar-refractivity contribution in [3.63, 3.8) is 0 Å². The molecule has 5 heteroatoms. The number of ether oxygens (including phenoxy) is 3. The van der Waals surface area contributed by atoms with E-state index in [9.17, 15) is 4.79 Å². The topological polar surface area (TPSA) is 65.0 Å². The van der Waals surface area contributed by atoms with Crippen LogP contribution in [0.3, 0.4) is 0 Å². The summed E-state index contributed by atoms with van der Waals surface area (Å²) in [6, 6.07) is 0. The number of hydrogen-bond acceptors (Lipinski definition) is 4. The van der Waals surface area contributed by atoms with Gasteiger partial charge in [-0.2, -0.15) is 0 Å². The van der Waals surface area contributed by atoms with Gasteiger partial charge in [-0.1, -0.05) is 0 Å². The average Bonchev–Trinajstić information content (AvgIpc) is 2.85. The molecule has 0 aromatic rings. The Morgan fingerprint density at radius 1 is 1.40 bits per heavy atom. The van der Waals surface area contributed by atoms with Crippen molar-refractivity contribution in [1.82, 2.24) is 0 Å². The molecular weight excluding hydrogens is 200 g/mol. The number of aliphatic carboxylic acids is 1. The molecule has 1 N–H and O–H groups in total. The van der Waals surface area contributed by atoms with Crippen molar-refractivity contribution in [2.24, 2.45) is 0 Å². The Balaban J connectivity index is 1.71. The van der Waals surface area contributed by atoms with Crippen molar-refractivity contribution in [2.45, 2.75) is 44.2 Å². The minimum Gasteiger partial charge on any atom is -0.481 e. The van der Waals surface area contributed by atoms with Crippen molar-refractivity contribution in [2.75, 3.05) is 13.2 Å². The first-order chi connectivity index (χ1) is 7.25. The highest BCUT2D eigenvalue weighted by molar-refractivity contribution is 5.66. The Morgan fingerprint density at radius 2 is 2.27 bits per heavy atom. The maximum Gasteiger partial charge on any atom is 0.303 e. The molecule has 3 atom stereocenters. The van der Waals surface area contributed by atoms with E-state index in [-0.39, 0.29) is 24.9 Å². The normalized spacial score (nSPS) is 35.9. The van der Waals surface area contributed by atoms with E-state index >= 15 is 0 Å². The molecule has 0 aliphatic carbocycles. The monoisotopic (exact) mass is 216 g/mol. The summed E-state index contributed by atoms with van der Waals surface area (Å²) in [5, 5.41) is 8.53. The molecule has 0 aromatic carbocycles. The van der Waals surface area contributed by atoms with Gasteiger partial charge in [0.15, 0.2) is 6.29 Å². The summed E-state index contributed by atoms with van der Waals surface area (Å²) in [6.07, 6.45) is 2.33. The molecule has 2 fully saturated rings. The van der Waals surface area contributed by atoms with Gasteiger partial charge >= 0.3 is 5.97 Å². The second-order valence-corrected chi connectivity index (χ2v) is 3.94. The fraction of sp³-hybridized carbons (Fsp3) is 0.900. The van der Waals surface area contributed by atoms with Crippen LogP contribution in [0.25, 0.3) is 0 Å². The van der Waals surface area contributed by atoms with Crippen LogP contribution in [-0.2, 0) is 19.0 Å². The molecule has 2 rings (SSSR count). The van der Waals surface area contributed by atoms with Gasteiger partial charge in [-0.05, 0) is 19.3 Å². The van der Waals surface area contributed by atoms with Gasteiger partial charge in [-0.25, -0.2) is 0 Å². The van der Waals surface area contributed by atoms with Crippen molar-refractivity contribution >= 4 is 5.97 Å². The Hall–Kier alpha value is -0.650. The largest absolute Gasteiger partial charge is 0.481 e. The molecule has 2 saturated heterocycles. The van der Waals surface area contributed by atoms with Crippen LogP contribution in [0.2, 0.25) is 0 Å². The fourth-order valence-electron chi connectivity index (χ4n) is 1.92. The van der Waals surface area contributed by atoms with Gasteiger partial charge in [0.2, 0.25) is 0 Å². The van der Waals surface area contributed by atoms with E-state index in [1.165, 1.54) is 0 Å².